The number of hydrogen-bond acceptors (Lipinski definition) is 7. The number of halogens is 1. The maximum Gasteiger partial charge on any atom is 0.314 e. The number of nitrogens with one attached hydrogen (secondary N) is 1. The van der Waals surface area contributed by atoms with Crippen LogP contribution in [0.3, 0.4) is 0 Å². The molecule has 1 aliphatic heterocycles. The van der Waals surface area contributed by atoms with Crippen LogP contribution < -0.4 is 11.1 Å². The van der Waals surface area contributed by atoms with Crippen LogP contribution in [0, 0.1) is 11.7 Å². The maximum absolute atomic E-state index is 13.9. The van der Waals surface area contributed by atoms with Crippen molar-refractivity contribution in [1.82, 2.24) is 24.6 Å². The normalized spacial score (nSPS) is 18.2. The first kappa shape index (κ1) is 26.7. The number of pyridine rings is 2. The van der Waals surface area contributed by atoms with Crippen LogP contribution in [0.1, 0.15) is 31.4 Å². The highest BCUT2D eigenvalue weighted by Crippen LogP contribution is 2.34. The molecule has 3 N–H and O–H groups in total. The molecule has 2 amide bonds. The van der Waals surface area contributed by atoms with E-state index in [-0.39, 0.29) is 18.5 Å². The fourth-order valence-corrected chi connectivity index (χ4v) is 5.24. The quantitative estimate of drug-likeness (QED) is 0.272. The summed E-state index contributed by atoms with van der Waals surface area (Å²) in [4.78, 5) is 36.1. The summed E-state index contributed by atoms with van der Waals surface area (Å²) in [6.45, 7) is 9.99. The highest BCUT2D eigenvalue weighted by atomic mass is 28.3. The van der Waals surface area contributed by atoms with E-state index in [0.717, 1.165) is 18.7 Å². The van der Waals surface area contributed by atoms with Gasteiger partial charge in [0.2, 0.25) is 0 Å². The Bertz CT molecular complexity index is 1290. The monoisotopic (exact) mass is 527 g/mol. The molecule has 0 aromatic carbocycles. The average Bonchev–Trinajstić information content (AvgIpc) is 3.27. The summed E-state index contributed by atoms with van der Waals surface area (Å²) in [5, 5.41) is 7.61. The molecule has 12 heteroatoms. The molecule has 0 bridgehead atoms. The number of piperidine rings is 1. The van der Waals surface area contributed by atoms with Gasteiger partial charge in [0, 0.05) is 27.4 Å². The van der Waals surface area contributed by atoms with E-state index in [1.54, 1.807) is 10.9 Å². The average molecular weight is 528 g/mol. The summed E-state index contributed by atoms with van der Waals surface area (Å²) >= 11 is 0. The van der Waals surface area contributed by atoms with Gasteiger partial charge in [-0.1, -0.05) is 26.6 Å². The van der Waals surface area contributed by atoms with E-state index in [4.69, 9.17) is 10.5 Å². The number of ether oxygens (including phenoxy) is 1. The molecule has 1 saturated heterocycles. The van der Waals surface area contributed by atoms with Crippen LogP contribution in [0.4, 0.5) is 15.9 Å². The molecule has 0 spiro atoms. The number of rotatable bonds is 7. The minimum absolute atomic E-state index is 0.173. The van der Waals surface area contributed by atoms with Crippen LogP contribution >= 0.6 is 0 Å². The van der Waals surface area contributed by atoms with Crippen molar-refractivity contribution in [2.45, 2.75) is 58.2 Å². The Morgan fingerprint density at radius 2 is 2.00 bits per heavy atom. The molecular weight excluding hydrogens is 493 g/mol. The van der Waals surface area contributed by atoms with Gasteiger partial charge in [-0.3, -0.25) is 14.6 Å². The van der Waals surface area contributed by atoms with Crippen LogP contribution in [-0.2, 0) is 21.1 Å². The molecule has 198 valence electrons. The zero-order chi connectivity index (χ0) is 26.7. The lowest BCUT2D eigenvalue weighted by molar-refractivity contribution is -0.146. The first-order valence-electron chi connectivity index (χ1n) is 12.4. The third-order valence-electron chi connectivity index (χ3n) is 6.54. The van der Waals surface area contributed by atoms with Crippen molar-refractivity contribution in [2.24, 2.45) is 5.92 Å². The fourth-order valence-electron chi connectivity index (χ4n) is 4.48. The lowest BCUT2D eigenvalue weighted by Crippen LogP contribution is -2.46. The van der Waals surface area contributed by atoms with Gasteiger partial charge in [0.05, 0.1) is 41.2 Å². The van der Waals surface area contributed by atoms with E-state index in [1.165, 1.54) is 23.4 Å². The Kier molecular flexibility index (Phi) is 7.88. The van der Waals surface area contributed by atoms with E-state index >= 15 is 0 Å². The molecular formula is C25H34FN7O3Si. The lowest BCUT2D eigenvalue weighted by Gasteiger charge is -2.38. The Labute approximate surface area is 216 Å². The predicted octanol–water partition coefficient (Wildman–Crippen LogP) is 3.80. The topological polar surface area (TPSA) is 128 Å². The summed E-state index contributed by atoms with van der Waals surface area (Å²) in [5.74, 6) is -1.54. The molecule has 1 aliphatic rings. The minimum Gasteiger partial charge on any atom is -0.383 e. The van der Waals surface area contributed by atoms with Gasteiger partial charge in [-0.25, -0.2) is 14.1 Å². The lowest BCUT2D eigenvalue weighted by atomic mass is 9.90. The van der Waals surface area contributed by atoms with Gasteiger partial charge in [0.25, 0.3) is 0 Å². The molecule has 37 heavy (non-hydrogen) atoms. The van der Waals surface area contributed by atoms with E-state index in [9.17, 15) is 14.0 Å². The van der Waals surface area contributed by atoms with Crippen LogP contribution in [0.15, 0.2) is 30.9 Å². The number of amides is 2. The number of likely N-dealkylation sites (tertiary alicyclic amines) is 1. The Hall–Kier alpha value is -3.38. The number of anilines is 2. The van der Waals surface area contributed by atoms with Crippen molar-refractivity contribution in [3.05, 3.63) is 42.2 Å². The van der Waals surface area contributed by atoms with Crippen molar-refractivity contribution in [3.63, 3.8) is 0 Å². The van der Waals surface area contributed by atoms with Crippen LogP contribution in [0.25, 0.3) is 10.9 Å². The predicted molar refractivity (Wildman–Crippen MR) is 142 cm³/mol. The van der Waals surface area contributed by atoms with Gasteiger partial charge in [0.1, 0.15) is 18.4 Å². The van der Waals surface area contributed by atoms with Gasteiger partial charge in [-0.2, -0.15) is 5.10 Å². The van der Waals surface area contributed by atoms with E-state index in [2.05, 4.69) is 40.0 Å². The molecule has 0 unspecified atom stereocenters. The second-order valence-corrected chi connectivity index (χ2v) is 16.5. The third kappa shape index (κ3) is 6.31. The molecule has 0 aliphatic carbocycles. The molecule has 4 rings (SSSR count). The fraction of sp³-hybridized carbons (Fsp3) is 0.480. The molecule has 0 saturated carbocycles. The number of carbonyl (C=O) groups excluding carboxylic acids is 2. The summed E-state index contributed by atoms with van der Waals surface area (Å²) in [5.41, 5.74) is 7.45. The standard InChI is InChI=1S/C25H34FN7O3Si/c1-16-5-6-21(17-9-18(26)11-28-10-17)32(14-16)25(35)24(34)31-20-13-29-23(27)19-12-30-33(22(19)20)15-36-7-8-37(2,3)4/h9-13,16,21H,5-8,14-15H2,1-4H3,(H2,27,29)(H,31,34)/t16-,21+/m0/s1. The molecule has 3 aromatic rings. The highest BCUT2D eigenvalue weighted by Gasteiger charge is 2.35. The Balaban J connectivity index is 1.55. The highest BCUT2D eigenvalue weighted by molar-refractivity contribution is 6.76. The van der Waals surface area contributed by atoms with Crippen molar-refractivity contribution >= 4 is 42.3 Å². The zero-order valence-corrected chi connectivity index (χ0v) is 22.7. The van der Waals surface area contributed by atoms with Crippen LogP contribution in [0.5, 0.6) is 0 Å². The van der Waals surface area contributed by atoms with Gasteiger partial charge in [-0.15, -0.1) is 0 Å². The summed E-state index contributed by atoms with van der Waals surface area (Å²) in [6, 6.07) is 1.93. The second-order valence-electron chi connectivity index (χ2n) is 10.9. The summed E-state index contributed by atoms with van der Waals surface area (Å²) < 4.78 is 21.3. The Morgan fingerprint density at radius 3 is 2.73 bits per heavy atom. The minimum atomic E-state index is -1.25. The number of nitrogens with zero attached hydrogens (tertiary/aromatic N) is 5. The number of aromatic nitrogens is 4. The maximum atomic E-state index is 13.9. The van der Waals surface area contributed by atoms with Gasteiger partial charge in [-0.05, 0) is 36.4 Å². The molecule has 1 fully saturated rings. The molecule has 2 atom stereocenters. The van der Waals surface area contributed by atoms with E-state index in [0.29, 0.717) is 41.7 Å². The van der Waals surface area contributed by atoms with Gasteiger partial charge < -0.3 is 20.7 Å². The smallest absolute Gasteiger partial charge is 0.314 e. The molecule has 3 aromatic heterocycles. The van der Waals surface area contributed by atoms with Crippen molar-refractivity contribution in [1.29, 1.82) is 0 Å². The number of nitrogens with two attached hydrogens (primary N) is 1. The van der Waals surface area contributed by atoms with Crippen molar-refractivity contribution < 1.29 is 18.7 Å². The summed E-state index contributed by atoms with van der Waals surface area (Å²) in [6.07, 6.45) is 7.10. The van der Waals surface area contributed by atoms with Gasteiger partial charge >= 0.3 is 11.8 Å². The first-order valence-corrected chi connectivity index (χ1v) is 16.1. The number of hydrogen-bond donors (Lipinski definition) is 2. The Morgan fingerprint density at radius 1 is 1.22 bits per heavy atom. The second kappa shape index (κ2) is 10.9. The largest absolute Gasteiger partial charge is 0.383 e. The van der Waals surface area contributed by atoms with Crippen LogP contribution in [0.2, 0.25) is 25.7 Å². The third-order valence-corrected chi connectivity index (χ3v) is 8.25. The molecule has 4 heterocycles. The van der Waals surface area contributed by atoms with Gasteiger partial charge in [0.15, 0.2) is 0 Å². The van der Waals surface area contributed by atoms with E-state index < -0.39 is 31.7 Å². The SMILES string of the molecule is C[C@H]1CC[C@H](c2cncc(F)c2)N(C(=O)C(=O)Nc2cnc(N)c3cnn(COCC[Si](C)(C)C)c23)C1. The summed E-state index contributed by atoms with van der Waals surface area (Å²) in [7, 11) is -1.25. The van der Waals surface area contributed by atoms with E-state index in [1.807, 2.05) is 6.92 Å². The van der Waals surface area contributed by atoms with Crippen molar-refractivity contribution in [3.8, 4) is 0 Å². The molecule has 0 radical (unpaired) electrons. The number of fused-ring (bicyclic) bond motifs is 1. The molecule has 10 nitrogen and oxygen atoms in total. The number of nitrogen functional groups attached to an aromatic ring is 1. The zero-order valence-electron chi connectivity index (χ0n) is 21.7. The first-order chi connectivity index (χ1) is 17.5. The van der Waals surface area contributed by atoms with Crippen LogP contribution in [-0.4, -0.2) is 57.7 Å². The number of carbonyl (C=O) groups is 2. The van der Waals surface area contributed by atoms with Crippen molar-refractivity contribution in [2.75, 3.05) is 24.2 Å².